The summed E-state index contributed by atoms with van der Waals surface area (Å²) < 4.78 is 20.7. The number of methoxy groups -OCH3 is 1. The van der Waals surface area contributed by atoms with Crippen LogP contribution in [0.3, 0.4) is 0 Å². The normalized spacial score (nSPS) is 11.2. The lowest BCUT2D eigenvalue weighted by molar-refractivity contribution is 0.0600. The highest BCUT2D eigenvalue weighted by atomic mass is 35.5. The van der Waals surface area contributed by atoms with Gasteiger partial charge in [-0.2, -0.15) is 9.78 Å². The molecule has 0 unspecified atom stereocenters. The van der Waals surface area contributed by atoms with E-state index in [9.17, 15) is 14.0 Å². The minimum Gasteiger partial charge on any atom is -0.465 e. The van der Waals surface area contributed by atoms with Gasteiger partial charge in [-0.25, -0.2) is 9.18 Å². The minimum atomic E-state index is -0.690. The van der Waals surface area contributed by atoms with Gasteiger partial charge < -0.3 is 4.74 Å². The lowest BCUT2D eigenvalue weighted by atomic mass is 10.1. The van der Waals surface area contributed by atoms with Gasteiger partial charge in [-0.1, -0.05) is 35.9 Å². The Kier molecular flexibility index (Phi) is 5.83. The van der Waals surface area contributed by atoms with E-state index in [-0.39, 0.29) is 27.4 Å². The maximum absolute atomic E-state index is 14.9. The van der Waals surface area contributed by atoms with Crippen molar-refractivity contribution in [3.63, 3.8) is 0 Å². The van der Waals surface area contributed by atoms with Crippen LogP contribution in [0.5, 0.6) is 0 Å². The first-order chi connectivity index (χ1) is 15.5. The van der Waals surface area contributed by atoms with E-state index < -0.39 is 17.7 Å². The van der Waals surface area contributed by atoms with Crippen LogP contribution < -0.4 is 0 Å². The average Bonchev–Trinajstić information content (AvgIpc) is 3.18. The summed E-state index contributed by atoms with van der Waals surface area (Å²) in [6.45, 7) is 1.83. The molecule has 0 saturated heterocycles. The second kappa shape index (κ2) is 8.72. The van der Waals surface area contributed by atoms with E-state index in [0.717, 1.165) is 6.07 Å². The molecule has 32 heavy (non-hydrogen) atoms. The summed E-state index contributed by atoms with van der Waals surface area (Å²) in [4.78, 5) is 29.5. The van der Waals surface area contributed by atoms with Gasteiger partial charge in [0.05, 0.1) is 28.8 Å². The monoisotopic (exact) mass is 449 g/mol. The minimum absolute atomic E-state index is 0.0635. The predicted octanol–water partition coefficient (Wildman–Crippen LogP) is 5.40. The molecular formula is C24H17ClFN3O3. The van der Waals surface area contributed by atoms with Crippen molar-refractivity contribution in [2.24, 2.45) is 0 Å². The molecule has 0 atom stereocenters. The number of aromatic nitrogens is 3. The summed E-state index contributed by atoms with van der Waals surface area (Å²) in [6.07, 6.45) is 5.10. The number of hydrogen-bond acceptors (Lipinski definition) is 5. The number of rotatable bonds is 4. The molecule has 2 aromatic carbocycles. The molecule has 0 aliphatic heterocycles. The molecular weight excluding hydrogens is 433 g/mol. The van der Waals surface area contributed by atoms with E-state index >= 15 is 0 Å². The number of pyridine rings is 1. The maximum atomic E-state index is 14.9. The van der Waals surface area contributed by atoms with Crippen molar-refractivity contribution in [2.75, 3.05) is 7.11 Å². The van der Waals surface area contributed by atoms with Crippen LogP contribution in [-0.2, 0) is 4.74 Å². The SMILES string of the molecule is C/C=C\c1cccc(Cl)c1C(=O)n1nc(-c2ccc(C(=O)OC)cc2F)c2ncccc21. The van der Waals surface area contributed by atoms with Crippen LogP contribution in [0.2, 0.25) is 5.02 Å². The Morgan fingerprint density at radius 3 is 2.69 bits per heavy atom. The molecule has 0 aliphatic rings. The van der Waals surface area contributed by atoms with Gasteiger partial charge in [0.25, 0.3) is 5.91 Å². The third kappa shape index (κ3) is 3.67. The van der Waals surface area contributed by atoms with Crippen molar-refractivity contribution in [1.29, 1.82) is 0 Å². The van der Waals surface area contributed by atoms with E-state index in [0.29, 0.717) is 16.6 Å². The smallest absolute Gasteiger partial charge is 0.337 e. The van der Waals surface area contributed by atoms with Gasteiger partial charge in [0, 0.05) is 11.8 Å². The van der Waals surface area contributed by atoms with Gasteiger partial charge in [0.1, 0.15) is 17.0 Å². The third-order valence-corrected chi connectivity index (χ3v) is 5.20. The molecule has 2 aromatic heterocycles. The van der Waals surface area contributed by atoms with Gasteiger partial charge in [0.2, 0.25) is 0 Å². The number of hydrogen-bond donors (Lipinski definition) is 0. The number of halogens is 2. The van der Waals surface area contributed by atoms with Crippen LogP contribution in [0.15, 0.2) is 60.8 Å². The highest BCUT2D eigenvalue weighted by molar-refractivity contribution is 6.34. The Morgan fingerprint density at radius 1 is 1.16 bits per heavy atom. The zero-order valence-electron chi connectivity index (χ0n) is 17.2. The van der Waals surface area contributed by atoms with Gasteiger partial charge in [-0.05, 0) is 48.9 Å². The summed E-state index contributed by atoms with van der Waals surface area (Å²) in [6, 6.07) is 12.4. The predicted molar refractivity (Wildman–Crippen MR) is 120 cm³/mol. The van der Waals surface area contributed by atoms with Crippen molar-refractivity contribution in [2.45, 2.75) is 6.92 Å². The lowest BCUT2D eigenvalue weighted by Gasteiger charge is -2.08. The van der Waals surface area contributed by atoms with E-state index in [4.69, 9.17) is 11.6 Å². The van der Waals surface area contributed by atoms with Gasteiger partial charge in [0.15, 0.2) is 0 Å². The molecule has 0 bridgehead atoms. The third-order valence-electron chi connectivity index (χ3n) is 4.88. The van der Waals surface area contributed by atoms with Gasteiger partial charge >= 0.3 is 5.97 Å². The van der Waals surface area contributed by atoms with E-state index in [1.54, 1.807) is 42.5 Å². The van der Waals surface area contributed by atoms with Crippen molar-refractivity contribution in [1.82, 2.24) is 14.8 Å². The lowest BCUT2D eigenvalue weighted by Crippen LogP contribution is -2.15. The van der Waals surface area contributed by atoms with Crippen LogP contribution in [0.1, 0.15) is 33.2 Å². The van der Waals surface area contributed by atoms with E-state index in [1.165, 1.54) is 30.1 Å². The zero-order chi connectivity index (χ0) is 22.8. The quantitative estimate of drug-likeness (QED) is 0.390. The molecule has 0 radical (unpaired) electrons. The fraction of sp³-hybridized carbons (Fsp3) is 0.0833. The molecule has 160 valence electrons. The molecule has 2 heterocycles. The highest BCUT2D eigenvalue weighted by Crippen LogP contribution is 2.31. The Bertz CT molecular complexity index is 1390. The van der Waals surface area contributed by atoms with Crippen molar-refractivity contribution < 1.29 is 18.7 Å². The molecule has 0 spiro atoms. The summed E-state index contributed by atoms with van der Waals surface area (Å²) in [5.74, 6) is -1.82. The van der Waals surface area contributed by atoms with Crippen molar-refractivity contribution in [3.05, 3.63) is 88.3 Å². The number of carbonyl (C=O) groups excluding carboxylic acids is 2. The molecule has 4 aromatic rings. The van der Waals surface area contributed by atoms with Crippen LogP contribution >= 0.6 is 11.6 Å². The fourth-order valence-corrected chi connectivity index (χ4v) is 3.69. The van der Waals surface area contributed by atoms with Crippen LogP contribution in [0.4, 0.5) is 4.39 Å². The highest BCUT2D eigenvalue weighted by Gasteiger charge is 2.24. The number of fused-ring (bicyclic) bond motifs is 1. The van der Waals surface area contributed by atoms with E-state index in [1.807, 2.05) is 6.92 Å². The molecule has 0 aliphatic carbocycles. The van der Waals surface area contributed by atoms with Gasteiger partial charge in [-0.3, -0.25) is 9.78 Å². The summed E-state index contributed by atoms with van der Waals surface area (Å²) in [5.41, 5.74) is 1.97. The second-order valence-corrected chi connectivity index (χ2v) is 7.23. The van der Waals surface area contributed by atoms with Gasteiger partial charge in [-0.15, -0.1) is 0 Å². The molecule has 4 rings (SSSR count). The first-order valence-corrected chi connectivity index (χ1v) is 10.0. The molecule has 8 heteroatoms. The molecule has 6 nitrogen and oxygen atoms in total. The summed E-state index contributed by atoms with van der Waals surface area (Å²) in [5, 5.41) is 4.67. The maximum Gasteiger partial charge on any atom is 0.337 e. The van der Waals surface area contributed by atoms with Crippen molar-refractivity contribution >= 4 is 40.6 Å². The zero-order valence-corrected chi connectivity index (χ0v) is 17.9. The Morgan fingerprint density at radius 2 is 1.97 bits per heavy atom. The number of benzene rings is 2. The van der Waals surface area contributed by atoms with E-state index in [2.05, 4.69) is 14.8 Å². The summed E-state index contributed by atoms with van der Waals surface area (Å²) in [7, 11) is 1.22. The molecule has 0 N–H and O–H groups in total. The Hall–Kier alpha value is -3.84. The fourth-order valence-electron chi connectivity index (χ4n) is 3.43. The largest absolute Gasteiger partial charge is 0.465 e. The average molecular weight is 450 g/mol. The van der Waals surface area contributed by atoms with Crippen LogP contribution in [0, 0.1) is 5.82 Å². The molecule has 0 amide bonds. The molecule has 0 saturated carbocycles. The number of nitrogens with zero attached hydrogens (tertiary/aromatic N) is 3. The topological polar surface area (TPSA) is 74.1 Å². The Balaban J connectivity index is 1.91. The number of allylic oxidation sites excluding steroid dienone is 1. The standard InChI is InChI=1S/C24H17ClFN3O3/c1-3-6-14-7-4-8-17(25)20(14)23(30)29-19-9-5-12-27-22(19)21(28-29)16-11-10-15(13-18(16)26)24(31)32-2/h3-13H,1-2H3/b6-3-. The van der Waals surface area contributed by atoms with Crippen LogP contribution in [0.25, 0.3) is 28.4 Å². The second-order valence-electron chi connectivity index (χ2n) is 6.83. The van der Waals surface area contributed by atoms with Crippen LogP contribution in [-0.4, -0.2) is 33.8 Å². The molecule has 0 fully saturated rings. The number of esters is 1. The summed E-state index contributed by atoms with van der Waals surface area (Å²) >= 11 is 6.36. The first-order valence-electron chi connectivity index (χ1n) is 9.64. The number of ether oxygens (including phenoxy) is 1. The van der Waals surface area contributed by atoms with Crippen molar-refractivity contribution in [3.8, 4) is 11.3 Å². The Labute approximate surface area is 187 Å². The number of carbonyl (C=O) groups is 2. The first kappa shape index (κ1) is 21.4.